The van der Waals surface area contributed by atoms with Crippen LogP contribution in [0.2, 0.25) is 0 Å². The Morgan fingerprint density at radius 2 is 0.474 bits per heavy atom. The van der Waals surface area contributed by atoms with E-state index in [-0.39, 0.29) is 0 Å². The van der Waals surface area contributed by atoms with Gasteiger partial charge in [-0.3, -0.25) is 0 Å². The van der Waals surface area contributed by atoms with Crippen molar-refractivity contribution < 1.29 is 0 Å². The van der Waals surface area contributed by atoms with Gasteiger partial charge in [-0.2, -0.15) is 0 Å². The van der Waals surface area contributed by atoms with Gasteiger partial charge in [0.25, 0.3) is 0 Å². The molecule has 6 heteroatoms. The van der Waals surface area contributed by atoms with Gasteiger partial charge in [0.1, 0.15) is 0 Å². The molecule has 2 aliphatic heterocycles. The first-order valence-electron chi connectivity index (χ1n) is 11.9. The molecule has 4 aromatic rings. The monoisotopic (exact) mass is 984 g/mol. The molecule has 0 saturated heterocycles. The van der Waals surface area contributed by atoms with Crippen LogP contribution in [0.3, 0.4) is 0 Å². The average molecular weight is 983 g/mol. The van der Waals surface area contributed by atoms with Gasteiger partial charge >= 0.3 is 261 Å². The summed E-state index contributed by atoms with van der Waals surface area (Å²) in [6.45, 7) is 0. The fourth-order valence-electron chi connectivity index (χ4n) is 4.27. The molecular weight excluding hydrogens is 959 g/mol. The SMILES string of the molecule is Br[Te]1(Br)C(c2ccccc2)=CC=C1c1ccccc1.Br[Te]1(Br)C(c2ccccc2)=CC=C1c1ccccc1. The first kappa shape index (κ1) is 28.9. The van der Waals surface area contributed by atoms with E-state index in [9.17, 15) is 0 Å². The van der Waals surface area contributed by atoms with Crippen molar-refractivity contribution in [2.45, 2.75) is 0 Å². The Morgan fingerprint density at radius 1 is 0.289 bits per heavy atom. The molecule has 0 saturated carbocycles. The third kappa shape index (κ3) is 6.30. The van der Waals surface area contributed by atoms with Crippen LogP contribution in [0.4, 0.5) is 0 Å². The van der Waals surface area contributed by atoms with Crippen molar-refractivity contribution in [3.8, 4) is 0 Å². The number of allylic oxidation sites excluding steroid dienone is 4. The molecule has 0 unspecified atom stereocenters. The molecule has 0 radical (unpaired) electrons. The number of rotatable bonds is 4. The summed E-state index contributed by atoms with van der Waals surface area (Å²) in [5.41, 5.74) is 5.22. The van der Waals surface area contributed by atoms with Crippen molar-refractivity contribution in [2.24, 2.45) is 0 Å². The summed E-state index contributed by atoms with van der Waals surface area (Å²) in [4.78, 5) is 0. The summed E-state index contributed by atoms with van der Waals surface area (Å²) >= 11 is 11.0. The van der Waals surface area contributed by atoms with Crippen LogP contribution in [0, 0.1) is 0 Å². The molecule has 192 valence electrons. The van der Waals surface area contributed by atoms with Gasteiger partial charge in [-0.15, -0.1) is 0 Å². The summed E-state index contributed by atoms with van der Waals surface area (Å²) in [7, 11) is 0. The molecule has 38 heavy (non-hydrogen) atoms. The minimum atomic E-state index is -2.53. The van der Waals surface area contributed by atoms with Crippen LogP contribution in [-0.2, 0) is 0 Å². The quantitative estimate of drug-likeness (QED) is 0.179. The van der Waals surface area contributed by atoms with Gasteiger partial charge in [-0.1, -0.05) is 0 Å². The van der Waals surface area contributed by atoms with Crippen molar-refractivity contribution in [1.82, 2.24) is 0 Å². The molecule has 0 aromatic heterocycles. The summed E-state index contributed by atoms with van der Waals surface area (Å²) in [6.07, 6.45) is 9.01. The first-order chi connectivity index (χ1) is 18.4. The van der Waals surface area contributed by atoms with E-state index in [1.165, 1.54) is 36.7 Å². The molecule has 2 heterocycles. The number of halogens is 4. The summed E-state index contributed by atoms with van der Waals surface area (Å²) in [5, 5.41) is 0. The van der Waals surface area contributed by atoms with Gasteiger partial charge in [-0.25, -0.2) is 0 Å². The molecular formula is C32H24Br4Te2. The topological polar surface area (TPSA) is 0 Å². The van der Waals surface area contributed by atoms with Crippen molar-refractivity contribution in [1.29, 1.82) is 0 Å². The zero-order valence-electron chi connectivity index (χ0n) is 20.2. The molecule has 0 N–H and O–H groups in total. The van der Waals surface area contributed by atoms with E-state index >= 15 is 0 Å². The van der Waals surface area contributed by atoms with Crippen LogP contribution < -0.4 is 0 Å². The molecule has 6 rings (SSSR count). The second kappa shape index (κ2) is 12.9. The van der Waals surface area contributed by atoms with E-state index in [2.05, 4.69) is 197 Å². The molecule has 4 aromatic carbocycles. The molecule has 0 spiro atoms. The second-order valence-corrected chi connectivity index (χ2v) is 56.6. The summed E-state index contributed by atoms with van der Waals surface area (Å²) in [6, 6.07) is 42.4. The van der Waals surface area contributed by atoms with Gasteiger partial charge in [0.05, 0.1) is 0 Å². The summed E-state index contributed by atoms with van der Waals surface area (Å²) < 4.78 is 5.67. The van der Waals surface area contributed by atoms with E-state index in [1.54, 1.807) is 0 Å². The molecule has 0 bridgehead atoms. The van der Waals surface area contributed by atoms with Crippen LogP contribution in [0.15, 0.2) is 146 Å². The van der Waals surface area contributed by atoms with Crippen molar-refractivity contribution in [3.05, 3.63) is 168 Å². The van der Waals surface area contributed by atoms with Crippen LogP contribution >= 0.6 is 51.0 Å². The normalized spacial score (nSPS) is 18.6. The molecule has 0 fully saturated rings. The predicted molar refractivity (Wildman–Crippen MR) is 185 cm³/mol. The molecule has 0 aliphatic carbocycles. The molecule has 0 atom stereocenters. The molecule has 0 nitrogen and oxygen atoms in total. The Hall–Kier alpha value is -0.661. The van der Waals surface area contributed by atoms with E-state index in [0.29, 0.717) is 0 Å². The van der Waals surface area contributed by atoms with Gasteiger partial charge in [-0.05, 0) is 0 Å². The van der Waals surface area contributed by atoms with E-state index < -0.39 is 27.5 Å². The Kier molecular flexibility index (Phi) is 9.79. The van der Waals surface area contributed by atoms with Gasteiger partial charge < -0.3 is 0 Å². The van der Waals surface area contributed by atoms with Crippen molar-refractivity contribution >= 4 is 93.0 Å². The van der Waals surface area contributed by atoms with Gasteiger partial charge in [0.2, 0.25) is 0 Å². The maximum absolute atomic E-state index is 4.02. The fourth-order valence-corrected chi connectivity index (χ4v) is 29.1. The number of benzene rings is 4. The summed E-state index contributed by atoms with van der Waals surface area (Å²) in [5.74, 6) is 0. The molecule has 2 aliphatic rings. The second-order valence-electron chi connectivity index (χ2n) is 8.53. The maximum atomic E-state index is 4.02. The van der Waals surface area contributed by atoms with Crippen LogP contribution in [0.5, 0.6) is 0 Å². The standard InChI is InChI=1S/2C16H12Br2Te/c2*17-19(18)15(13-7-3-1-4-8-13)11-12-16(19)14-9-5-2-6-10-14/h2*1-12H. The van der Waals surface area contributed by atoms with Gasteiger partial charge in [0.15, 0.2) is 0 Å². The Balaban J connectivity index is 0.000000155. The van der Waals surface area contributed by atoms with E-state index in [1.807, 2.05) is 0 Å². The zero-order chi connectivity index (χ0) is 26.6. The van der Waals surface area contributed by atoms with Crippen molar-refractivity contribution in [2.75, 3.05) is 0 Å². The van der Waals surface area contributed by atoms with E-state index in [4.69, 9.17) is 0 Å². The minimum absolute atomic E-state index is 1.31. The Morgan fingerprint density at radius 3 is 0.658 bits per heavy atom. The molecule has 0 amide bonds. The van der Waals surface area contributed by atoms with Crippen LogP contribution in [0.25, 0.3) is 14.5 Å². The van der Waals surface area contributed by atoms with Crippen molar-refractivity contribution in [3.63, 3.8) is 0 Å². The zero-order valence-corrected chi connectivity index (χ0v) is 31.2. The Labute approximate surface area is 257 Å². The van der Waals surface area contributed by atoms with E-state index in [0.717, 1.165) is 0 Å². The number of hydrogen-bond donors (Lipinski definition) is 0. The average Bonchev–Trinajstić information content (AvgIpc) is 3.45. The van der Waals surface area contributed by atoms with Crippen LogP contribution in [0.1, 0.15) is 22.3 Å². The van der Waals surface area contributed by atoms with Gasteiger partial charge in [0, 0.05) is 0 Å². The number of hydrogen-bond acceptors (Lipinski definition) is 0. The third-order valence-electron chi connectivity index (χ3n) is 6.11. The Bertz CT molecular complexity index is 1290. The predicted octanol–water partition coefficient (Wildman–Crippen LogP) is 11.0. The van der Waals surface area contributed by atoms with Crippen LogP contribution in [-0.4, -0.2) is 27.5 Å². The third-order valence-corrected chi connectivity index (χ3v) is 35.4. The first-order valence-corrected chi connectivity index (χ1v) is 37.5. The fraction of sp³-hybridized carbons (Fsp3) is 0.